The first-order chi connectivity index (χ1) is 24.2. The number of ether oxygens (including phenoxy) is 2. The van der Waals surface area contributed by atoms with Gasteiger partial charge in [-0.2, -0.15) is 13.9 Å². The fourth-order valence-corrected chi connectivity index (χ4v) is 8.52. The van der Waals surface area contributed by atoms with Crippen LogP contribution in [0.25, 0.3) is 0 Å². The number of alkyl halides is 2. The molecule has 1 amide bonds. The zero-order valence-electron chi connectivity index (χ0n) is 29.2. The standard InChI is InChI=1S/C34H45F3N8O5S/c1-22(2)45(23(3)4)32(46)28-13-24(35)5-8-29(28)50-30-15-38-21-39-31(30)43-19-34(20-43)9-11-42(12-10-34)16-26-7-6-25(18-49-26)41-51(47,48)27-14-40-44(17-27)33(36)37/h5,8,13-15,17,21-23,25-26,33,41H,6-7,9-12,16,18-20H2,1-4H3/t25-,26+/m1/s1. The van der Waals surface area contributed by atoms with Crippen LogP contribution in [0.1, 0.15) is 70.3 Å². The average Bonchev–Trinajstić information content (AvgIpc) is 3.58. The van der Waals surface area contributed by atoms with Crippen molar-refractivity contribution in [3.63, 3.8) is 0 Å². The highest BCUT2D eigenvalue weighted by Crippen LogP contribution is 2.45. The van der Waals surface area contributed by atoms with Gasteiger partial charge in [0.15, 0.2) is 11.6 Å². The summed E-state index contributed by atoms with van der Waals surface area (Å²) in [6.45, 7) is 9.07. The maximum atomic E-state index is 14.4. The van der Waals surface area contributed by atoms with Crippen LogP contribution in [0.5, 0.6) is 11.5 Å². The smallest absolute Gasteiger partial charge is 0.333 e. The summed E-state index contributed by atoms with van der Waals surface area (Å²) in [6.07, 6.45) is 7.94. The van der Waals surface area contributed by atoms with Crippen LogP contribution in [0.15, 0.2) is 48.0 Å². The molecule has 3 aromatic rings. The van der Waals surface area contributed by atoms with Crippen LogP contribution < -0.4 is 14.4 Å². The van der Waals surface area contributed by atoms with Crippen LogP contribution in [0.3, 0.4) is 0 Å². The average molecular weight is 735 g/mol. The van der Waals surface area contributed by atoms with E-state index in [1.807, 2.05) is 27.7 Å². The number of halogens is 3. The quantitative estimate of drug-likeness (QED) is 0.280. The molecule has 3 aliphatic heterocycles. The molecular weight excluding hydrogens is 689 g/mol. The minimum absolute atomic E-state index is 0.0311. The topological polar surface area (TPSA) is 135 Å². The molecule has 51 heavy (non-hydrogen) atoms. The predicted octanol–water partition coefficient (Wildman–Crippen LogP) is 4.69. The molecule has 1 aromatic carbocycles. The zero-order valence-corrected chi connectivity index (χ0v) is 30.0. The first-order valence-electron chi connectivity index (χ1n) is 17.3. The molecule has 3 aliphatic rings. The highest BCUT2D eigenvalue weighted by Gasteiger charge is 2.46. The molecule has 0 unspecified atom stereocenters. The molecule has 2 aromatic heterocycles. The number of aromatic nitrogens is 4. The Hall–Kier alpha value is -3.80. The number of amides is 1. The van der Waals surface area contributed by atoms with Crippen LogP contribution in [-0.4, -0.2) is 107 Å². The molecule has 0 aliphatic carbocycles. The third-order valence-corrected chi connectivity index (χ3v) is 11.4. The van der Waals surface area contributed by atoms with Crippen molar-refractivity contribution in [2.75, 3.05) is 44.2 Å². The second-order valence-corrected chi connectivity index (χ2v) is 16.0. The van der Waals surface area contributed by atoms with E-state index >= 15 is 0 Å². The van der Waals surface area contributed by atoms with Crippen molar-refractivity contribution in [2.45, 2.75) is 89.1 Å². The van der Waals surface area contributed by atoms with E-state index in [9.17, 15) is 26.4 Å². The fraction of sp³-hybridized carbons (Fsp3) is 0.588. The number of hydrogen-bond donors (Lipinski definition) is 1. The number of rotatable bonds is 12. The van der Waals surface area contributed by atoms with Crippen LogP contribution in [-0.2, 0) is 14.8 Å². The van der Waals surface area contributed by atoms with Crippen molar-refractivity contribution < 1.29 is 35.9 Å². The lowest BCUT2D eigenvalue weighted by atomic mass is 9.72. The molecule has 17 heteroatoms. The molecule has 3 fully saturated rings. The molecule has 278 valence electrons. The van der Waals surface area contributed by atoms with Crippen LogP contribution >= 0.6 is 0 Å². The van der Waals surface area contributed by atoms with Crippen molar-refractivity contribution in [2.24, 2.45) is 5.41 Å². The van der Waals surface area contributed by atoms with Gasteiger partial charge >= 0.3 is 6.55 Å². The number of benzene rings is 1. The summed E-state index contributed by atoms with van der Waals surface area (Å²) in [7, 11) is -3.99. The van der Waals surface area contributed by atoms with Crippen molar-refractivity contribution in [3.8, 4) is 11.5 Å². The van der Waals surface area contributed by atoms with Gasteiger partial charge in [-0.1, -0.05) is 0 Å². The number of nitrogens with one attached hydrogen (secondary N) is 1. The molecule has 0 bridgehead atoms. The summed E-state index contributed by atoms with van der Waals surface area (Å²) in [5.74, 6) is 0.409. The Morgan fingerprint density at radius 2 is 1.82 bits per heavy atom. The minimum Gasteiger partial charge on any atom is -0.451 e. The van der Waals surface area contributed by atoms with Gasteiger partial charge < -0.3 is 24.2 Å². The summed E-state index contributed by atoms with van der Waals surface area (Å²) < 4.78 is 80.4. The van der Waals surface area contributed by atoms with Crippen molar-refractivity contribution in [3.05, 3.63) is 54.5 Å². The monoisotopic (exact) mass is 734 g/mol. The van der Waals surface area contributed by atoms with Crippen molar-refractivity contribution >= 4 is 21.7 Å². The van der Waals surface area contributed by atoms with Crippen molar-refractivity contribution in [1.29, 1.82) is 0 Å². The summed E-state index contributed by atoms with van der Waals surface area (Å²) in [5.41, 5.74) is 0.262. The lowest BCUT2D eigenvalue weighted by Crippen LogP contribution is -2.61. The second kappa shape index (κ2) is 15.0. The van der Waals surface area contributed by atoms with E-state index in [0.717, 1.165) is 58.0 Å². The van der Waals surface area contributed by atoms with Crippen LogP contribution in [0.2, 0.25) is 0 Å². The molecule has 1 spiro atoms. The number of carbonyl (C=O) groups excluding carboxylic acids is 1. The lowest BCUT2D eigenvalue weighted by Gasteiger charge is -2.54. The second-order valence-electron chi connectivity index (χ2n) is 14.3. The Morgan fingerprint density at radius 3 is 2.45 bits per heavy atom. The first kappa shape index (κ1) is 37.0. The number of hydrogen-bond acceptors (Lipinski definition) is 10. The van der Waals surface area contributed by atoms with Gasteiger partial charge in [0.25, 0.3) is 5.91 Å². The van der Waals surface area contributed by atoms with E-state index in [-0.39, 0.29) is 52.3 Å². The summed E-state index contributed by atoms with van der Waals surface area (Å²) >= 11 is 0. The van der Waals surface area contributed by atoms with Gasteiger partial charge in [0.1, 0.15) is 22.8 Å². The van der Waals surface area contributed by atoms with Gasteiger partial charge in [-0.3, -0.25) is 4.79 Å². The van der Waals surface area contributed by atoms with Crippen LogP contribution in [0.4, 0.5) is 19.0 Å². The third kappa shape index (κ3) is 8.31. The summed E-state index contributed by atoms with van der Waals surface area (Å²) in [4.78, 5) is 28.1. The molecular formula is C34H45F3N8O5S. The Kier molecular flexibility index (Phi) is 10.9. The van der Waals surface area contributed by atoms with E-state index < -0.39 is 28.4 Å². The molecule has 1 N–H and O–H groups in total. The predicted molar refractivity (Wildman–Crippen MR) is 182 cm³/mol. The van der Waals surface area contributed by atoms with Gasteiger partial charge in [0, 0.05) is 43.2 Å². The number of sulfonamides is 1. The molecule has 3 saturated heterocycles. The highest BCUT2D eigenvalue weighted by molar-refractivity contribution is 7.89. The third-order valence-electron chi connectivity index (χ3n) is 9.91. The van der Waals surface area contributed by atoms with Crippen LogP contribution in [0, 0.1) is 11.2 Å². The number of carbonyl (C=O) groups is 1. The normalized spacial score (nSPS) is 21.0. The van der Waals surface area contributed by atoms with E-state index in [1.165, 1.54) is 24.5 Å². The molecule has 6 rings (SSSR count). The highest BCUT2D eigenvalue weighted by atomic mass is 32.2. The van der Waals surface area contributed by atoms with Gasteiger partial charge in [-0.15, -0.1) is 0 Å². The molecule has 5 heterocycles. The molecule has 2 atom stereocenters. The number of piperidine rings is 1. The minimum atomic E-state index is -3.99. The van der Waals surface area contributed by atoms with Gasteiger partial charge in [-0.05, 0) is 84.7 Å². The fourth-order valence-electron chi connectivity index (χ4n) is 7.32. The number of nitrogens with zero attached hydrogens (tertiary/aromatic N) is 7. The molecule has 0 saturated carbocycles. The van der Waals surface area contributed by atoms with E-state index in [4.69, 9.17) is 9.47 Å². The van der Waals surface area contributed by atoms with E-state index in [1.54, 1.807) is 11.1 Å². The Bertz CT molecular complexity index is 1780. The maximum Gasteiger partial charge on any atom is 0.333 e. The number of likely N-dealkylation sites (tertiary alicyclic amines) is 1. The molecule has 0 radical (unpaired) electrons. The Morgan fingerprint density at radius 1 is 1.10 bits per heavy atom. The van der Waals surface area contributed by atoms with Gasteiger partial charge in [0.2, 0.25) is 10.0 Å². The first-order valence-corrected chi connectivity index (χ1v) is 18.8. The maximum absolute atomic E-state index is 14.4. The zero-order chi connectivity index (χ0) is 36.5. The van der Waals surface area contributed by atoms with Gasteiger partial charge in [-0.25, -0.2) is 32.2 Å². The van der Waals surface area contributed by atoms with Crippen molar-refractivity contribution in [1.82, 2.24) is 34.3 Å². The lowest BCUT2D eigenvalue weighted by molar-refractivity contribution is -0.0299. The molecule has 13 nitrogen and oxygen atoms in total. The Labute approximate surface area is 296 Å². The summed E-state index contributed by atoms with van der Waals surface area (Å²) in [6, 6.07) is 3.32. The van der Waals surface area contributed by atoms with E-state index in [2.05, 4.69) is 29.6 Å². The summed E-state index contributed by atoms with van der Waals surface area (Å²) in [5, 5.41) is 3.41. The largest absolute Gasteiger partial charge is 0.451 e. The number of anilines is 1. The van der Waals surface area contributed by atoms with E-state index in [0.29, 0.717) is 29.1 Å². The Balaban J connectivity index is 0.998. The van der Waals surface area contributed by atoms with Gasteiger partial charge in [0.05, 0.1) is 36.9 Å². The SMILES string of the molecule is CC(C)N(C(=O)c1cc(F)ccc1Oc1cncnc1N1CC2(CCN(C[C@@H]3CC[C@@H](NS(=O)(=O)c4cnn(C(F)F)c4)CO3)CC2)C1)C(C)C.